The number of hydrogen-bond acceptors (Lipinski definition) is 3. The number of amides is 1. The maximum absolute atomic E-state index is 12.4. The average molecular weight is 310 g/mol. The van der Waals surface area contributed by atoms with Gasteiger partial charge in [-0.3, -0.25) is 10.1 Å². The van der Waals surface area contributed by atoms with Crippen LogP contribution in [0.2, 0.25) is 0 Å². The Hall–Kier alpha value is -2.17. The Labute approximate surface area is 137 Å². The summed E-state index contributed by atoms with van der Waals surface area (Å²) in [6, 6.07) is 20.5. The molecule has 1 fully saturated rings. The number of ether oxygens (including phenoxy) is 1. The quantitative estimate of drug-likeness (QED) is 0.921. The molecule has 120 valence electrons. The molecule has 1 amide bonds. The van der Waals surface area contributed by atoms with E-state index in [4.69, 9.17) is 4.74 Å². The maximum atomic E-state index is 12.4. The van der Waals surface area contributed by atoms with Crippen molar-refractivity contribution in [3.63, 3.8) is 0 Å². The first kappa shape index (κ1) is 15.7. The van der Waals surface area contributed by atoms with Crippen molar-refractivity contribution in [1.82, 2.24) is 10.2 Å². The Bertz CT molecular complexity index is 570. The van der Waals surface area contributed by atoms with E-state index in [0.29, 0.717) is 32.8 Å². The van der Waals surface area contributed by atoms with Crippen LogP contribution < -0.4 is 5.32 Å². The standard InChI is InChI=1S/C19H22N2O2/c22-18(21-11-13-23-14-12-21)15-20-19(16-7-3-1-4-8-16)17-9-5-2-6-10-17/h1-10,19-20H,11-15H2. The van der Waals surface area contributed by atoms with Gasteiger partial charge in [0.1, 0.15) is 0 Å². The maximum Gasteiger partial charge on any atom is 0.236 e. The zero-order valence-electron chi connectivity index (χ0n) is 13.2. The number of carbonyl (C=O) groups is 1. The first-order valence-electron chi connectivity index (χ1n) is 8.03. The highest BCUT2D eigenvalue weighted by Crippen LogP contribution is 2.21. The molecular formula is C19H22N2O2. The Morgan fingerprint density at radius 2 is 1.48 bits per heavy atom. The monoisotopic (exact) mass is 310 g/mol. The van der Waals surface area contributed by atoms with Gasteiger partial charge in [0.05, 0.1) is 25.8 Å². The number of rotatable bonds is 5. The summed E-state index contributed by atoms with van der Waals surface area (Å²) < 4.78 is 5.30. The third kappa shape index (κ3) is 4.18. The highest BCUT2D eigenvalue weighted by Gasteiger charge is 2.19. The zero-order chi connectivity index (χ0) is 15.9. The second kappa shape index (κ2) is 7.90. The fraction of sp³-hybridized carbons (Fsp3) is 0.316. The van der Waals surface area contributed by atoms with Crippen LogP contribution in [0.15, 0.2) is 60.7 Å². The molecule has 0 bridgehead atoms. The van der Waals surface area contributed by atoms with Crippen molar-refractivity contribution in [2.24, 2.45) is 0 Å². The number of nitrogens with zero attached hydrogens (tertiary/aromatic N) is 1. The molecule has 4 nitrogen and oxygen atoms in total. The Morgan fingerprint density at radius 1 is 0.957 bits per heavy atom. The van der Waals surface area contributed by atoms with E-state index in [2.05, 4.69) is 29.6 Å². The molecule has 0 saturated carbocycles. The van der Waals surface area contributed by atoms with Gasteiger partial charge in [-0.05, 0) is 11.1 Å². The van der Waals surface area contributed by atoms with E-state index >= 15 is 0 Å². The smallest absolute Gasteiger partial charge is 0.236 e. The lowest BCUT2D eigenvalue weighted by atomic mass is 9.99. The zero-order valence-corrected chi connectivity index (χ0v) is 13.2. The summed E-state index contributed by atoms with van der Waals surface area (Å²) in [5, 5.41) is 3.42. The van der Waals surface area contributed by atoms with Crippen molar-refractivity contribution in [1.29, 1.82) is 0 Å². The van der Waals surface area contributed by atoms with Crippen molar-refractivity contribution in [2.45, 2.75) is 6.04 Å². The van der Waals surface area contributed by atoms with Gasteiger partial charge >= 0.3 is 0 Å². The normalized spacial score (nSPS) is 14.9. The molecule has 2 aromatic rings. The molecule has 1 saturated heterocycles. The largest absolute Gasteiger partial charge is 0.378 e. The molecule has 0 radical (unpaired) electrons. The number of benzene rings is 2. The number of hydrogen-bond donors (Lipinski definition) is 1. The molecule has 2 aromatic carbocycles. The molecule has 1 heterocycles. The van der Waals surface area contributed by atoms with E-state index in [1.165, 1.54) is 0 Å². The lowest BCUT2D eigenvalue weighted by Gasteiger charge is -2.28. The van der Waals surface area contributed by atoms with Crippen LogP contribution in [0, 0.1) is 0 Å². The van der Waals surface area contributed by atoms with Gasteiger partial charge in [0.2, 0.25) is 5.91 Å². The van der Waals surface area contributed by atoms with E-state index in [1.807, 2.05) is 41.3 Å². The van der Waals surface area contributed by atoms with Crippen LogP contribution in [-0.4, -0.2) is 43.7 Å². The molecule has 1 aliphatic rings. The molecule has 0 atom stereocenters. The number of carbonyl (C=O) groups excluding carboxylic acids is 1. The second-order valence-electron chi connectivity index (χ2n) is 5.63. The molecule has 1 N–H and O–H groups in total. The average Bonchev–Trinajstić information content (AvgIpc) is 2.64. The lowest BCUT2D eigenvalue weighted by molar-refractivity contribution is -0.134. The summed E-state index contributed by atoms with van der Waals surface area (Å²) in [5.74, 6) is 0.130. The summed E-state index contributed by atoms with van der Waals surface area (Å²) in [6.07, 6.45) is 0. The van der Waals surface area contributed by atoms with Crippen LogP contribution in [0.3, 0.4) is 0 Å². The third-order valence-electron chi connectivity index (χ3n) is 4.09. The van der Waals surface area contributed by atoms with Crippen molar-refractivity contribution in [3.8, 4) is 0 Å². The number of morpholine rings is 1. The van der Waals surface area contributed by atoms with Crippen LogP contribution in [-0.2, 0) is 9.53 Å². The van der Waals surface area contributed by atoms with Gasteiger partial charge in [-0.2, -0.15) is 0 Å². The molecule has 0 aromatic heterocycles. The predicted octanol–water partition coefficient (Wildman–Crippen LogP) is 2.22. The molecule has 1 aliphatic heterocycles. The third-order valence-corrected chi connectivity index (χ3v) is 4.09. The van der Waals surface area contributed by atoms with Gasteiger partial charge < -0.3 is 9.64 Å². The molecule has 23 heavy (non-hydrogen) atoms. The van der Waals surface area contributed by atoms with Gasteiger partial charge in [-0.15, -0.1) is 0 Å². The summed E-state index contributed by atoms with van der Waals surface area (Å²) >= 11 is 0. The molecule has 4 heteroatoms. The fourth-order valence-corrected chi connectivity index (χ4v) is 2.83. The van der Waals surface area contributed by atoms with Crippen molar-refractivity contribution in [3.05, 3.63) is 71.8 Å². The van der Waals surface area contributed by atoms with Gasteiger partial charge in [-0.1, -0.05) is 60.7 Å². The minimum atomic E-state index is 0.0161. The molecule has 3 rings (SSSR count). The van der Waals surface area contributed by atoms with Crippen LogP contribution in [0.5, 0.6) is 0 Å². The van der Waals surface area contributed by atoms with Crippen LogP contribution in [0.1, 0.15) is 17.2 Å². The second-order valence-corrected chi connectivity index (χ2v) is 5.63. The SMILES string of the molecule is O=C(CNC(c1ccccc1)c1ccccc1)N1CCOCC1. The highest BCUT2D eigenvalue weighted by molar-refractivity contribution is 5.78. The first-order chi connectivity index (χ1) is 11.3. The van der Waals surface area contributed by atoms with Gasteiger partial charge in [0, 0.05) is 13.1 Å². The van der Waals surface area contributed by atoms with Gasteiger partial charge in [0.25, 0.3) is 0 Å². The van der Waals surface area contributed by atoms with Crippen molar-refractivity contribution >= 4 is 5.91 Å². The summed E-state index contributed by atoms with van der Waals surface area (Å²) in [5.41, 5.74) is 2.32. The Morgan fingerprint density at radius 3 is 2.00 bits per heavy atom. The minimum absolute atomic E-state index is 0.0161. The molecule has 0 aliphatic carbocycles. The molecular weight excluding hydrogens is 288 g/mol. The lowest BCUT2D eigenvalue weighted by Crippen LogP contribution is -2.45. The summed E-state index contributed by atoms with van der Waals surface area (Å²) in [4.78, 5) is 14.2. The Kier molecular flexibility index (Phi) is 5.40. The van der Waals surface area contributed by atoms with Crippen LogP contribution in [0.4, 0.5) is 0 Å². The van der Waals surface area contributed by atoms with E-state index < -0.39 is 0 Å². The van der Waals surface area contributed by atoms with Crippen molar-refractivity contribution in [2.75, 3.05) is 32.8 Å². The molecule has 0 spiro atoms. The summed E-state index contributed by atoms with van der Waals surface area (Å²) in [6.45, 7) is 2.96. The van der Waals surface area contributed by atoms with Gasteiger partial charge in [0.15, 0.2) is 0 Å². The predicted molar refractivity (Wildman–Crippen MR) is 90.1 cm³/mol. The highest BCUT2D eigenvalue weighted by atomic mass is 16.5. The minimum Gasteiger partial charge on any atom is -0.378 e. The van der Waals surface area contributed by atoms with Crippen molar-refractivity contribution < 1.29 is 9.53 Å². The van der Waals surface area contributed by atoms with Gasteiger partial charge in [-0.25, -0.2) is 0 Å². The van der Waals surface area contributed by atoms with E-state index in [1.54, 1.807) is 0 Å². The topological polar surface area (TPSA) is 41.6 Å². The van der Waals surface area contributed by atoms with Crippen LogP contribution >= 0.6 is 0 Å². The molecule has 0 unspecified atom stereocenters. The fourth-order valence-electron chi connectivity index (χ4n) is 2.83. The van der Waals surface area contributed by atoms with Crippen LogP contribution in [0.25, 0.3) is 0 Å². The van der Waals surface area contributed by atoms with E-state index in [-0.39, 0.29) is 11.9 Å². The first-order valence-corrected chi connectivity index (χ1v) is 8.03. The number of nitrogens with one attached hydrogen (secondary N) is 1. The Balaban J connectivity index is 1.70. The van der Waals surface area contributed by atoms with E-state index in [9.17, 15) is 4.79 Å². The summed E-state index contributed by atoms with van der Waals surface area (Å²) in [7, 11) is 0. The van der Waals surface area contributed by atoms with E-state index in [0.717, 1.165) is 11.1 Å².